The van der Waals surface area contributed by atoms with E-state index in [1.54, 1.807) is 5.06 Å². The van der Waals surface area contributed by atoms with E-state index in [-0.39, 0.29) is 6.10 Å². The Kier molecular flexibility index (Phi) is 3.33. The second kappa shape index (κ2) is 4.07. The van der Waals surface area contributed by atoms with Gasteiger partial charge in [0, 0.05) is 12.1 Å². The van der Waals surface area contributed by atoms with Crippen LogP contribution in [0.2, 0.25) is 0 Å². The van der Waals surface area contributed by atoms with Gasteiger partial charge in [-0.25, -0.2) is 0 Å². The van der Waals surface area contributed by atoms with Crippen molar-refractivity contribution in [3.8, 4) is 0 Å². The maximum atomic E-state index is 9.07. The van der Waals surface area contributed by atoms with E-state index in [9.17, 15) is 0 Å². The summed E-state index contributed by atoms with van der Waals surface area (Å²) in [6.45, 7) is 3.55. The minimum Gasteiger partial charge on any atom is -0.389 e. The van der Waals surface area contributed by atoms with E-state index in [1.807, 2.05) is 6.92 Å². The van der Waals surface area contributed by atoms with Crippen LogP contribution in [0.5, 0.6) is 0 Å². The molecule has 1 saturated heterocycles. The number of aliphatic hydroxyl groups is 1. The molecular weight excluding hydrogens is 166 g/mol. The van der Waals surface area contributed by atoms with Gasteiger partial charge in [0.15, 0.2) is 0 Å². The first-order chi connectivity index (χ1) is 5.22. The van der Waals surface area contributed by atoms with Gasteiger partial charge in [0.1, 0.15) is 0 Å². The number of β-amino-alcohol motifs (C(OH)–C–C–N with tert-alkyl or cyclic N) is 1. The highest BCUT2D eigenvalue weighted by atomic mass is 35.5. The summed E-state index contributed by atoms with van der Waals surface area (Å²) < 4.78 is 0. The van der Waals surface area contributed by atoms with Crippen LogP contribution in [0.1, 0.15) is 6.92 Å². The third kappa shape index (κ3) is 2.79. The molecule has 1 heterocycles. The summed E-state index contributed by atoms with van der Waals surface area (Å²) >= 11 is 5.46. The molecule has 1 rings (SSSR count). The Morgan fingerprint density at radius 2 is 2.64 bits per heavy atom. The molecular formula is C7H12ClNO2. The predicted molar refractivity (Wildman–Crippen MR) is 43.1 cm³/mol. The Balaban J connectivity index is 2.28. The van der Waals surface area contributed by atoms with Crippen molar-refractivity contribution in [3.05, 3.63) is 11.1 Å². The fraction of sp³-hybridized carbons (Fsp3) is 0.714. The highest BCUT2D eigenvalue weighted by Crippen LogP contribution is 2.08. The highest BCUT2D eigenvalue weighted by Gasteiger charge is 2.20. The number of hydroxylamine groups is 2. The van der Waals surface area contributed by atoms with E-state index in [4.69, 9.17) is 21.5 Å². The van der Waals surface area contributed by atoms with Gasteiger partial charge >= 0.3 is 0 Å². The molecule has 0 spiro atoms. The predicted octanol–water partition coefficient (Wildman–Crippen LogP) is 0.737. The Morgan fingerprint density at radius 3 is 3.09 bits per heavy atom. The lowest BCUT2D eigenvalue weighted by molar-refractivity contribution is -0.103. The summed E-state index contributed by atoms with van der Waals surface area (Å²) in [5.41, 5.74) is 2.55. The summed E-state index contributed by atoms with van der Waals surface area (Å²) in [5, 5.41) is 10.8. The summed E-state index contributed by atoms with van der Waals surface area (Å²) in [7, 11) is 0. The van der Waals surface area contributed by atoms with Crippen LogP contribution in [0, 0.1) is 0 Å². The number of aliphatic hydroxyl groups excluding tert-OH is 1. The average molecular weight is 178 g/mol. The molecule has 0 bridgehead atoms. The van der Waals surface area contributed by atoms with Crippen LogP contribution < -0.4 is 0 Å². The first-order valence-electron chi connectivity index (χ1n) is 3.54. The third-order valence-corrected chi connectivity index (χ3v) is 1.85. The van der Waals surface area contributed by atoms with Gasteiger partial charge in [-0.2, -0.15) is 5.06 Å². The van der Waals surface area contributed by atoms with Gasteiger partial charge in [-0.1, -0.05) is 11.6 Å². The van der Waals surface area contributed by atoms with Gasteiger partial charge in [-0.3, -0.25) is 4.84 Å². The molecule has 4 heteroatoms. The van der Waals surface area contributed by atoms with Crippen LogP contribution in [-0.2, 0) is 4.84 Å². The van der Waals surface area contributed by atoms with Crippen molar-refractivity contribution in [2.24, 2.45) is 0 Å². The smallest absolute Gasteiger partial charge is 0.0958 e. The molecule has 1 aliphatic heterocycles. The molecule has 0 aromatic rings. The van der Waals surface area contributed by atoms with E-state index >= 15 is 0 Å². The second-order valence-corrected chi connectivity index (χ2v) is 2.95. The monoisotopic (exact) mass is 177 g/mol. The zero-order valence-corrected chi connectivity index (χ0v) is 7.21. The maximum absolute atomic E-state index is 9.07. The van der Waals surface area contributed by atoms with E-state index in [0.717, 1.165) is 5.57 Å². The molecule has 0 aliphatic carbocycles. The molecule has 1 aliphatic rings. The summed E-state index contributed by atoms with van der Waals surface area (Å²) in [6.07, 6.45) is -0.349. The Hall–Kier alpha value is -0.0900. The topological polar surface area (TPSA) is 32.7 Å². The van der Waals surface area contributed by atoms with Crippen molar-refractivity contribution in [3.63, 3.8) is 0 Å². The van der Waals surface area contributed by atoms with Crippen LogP contribution in [0.3, 0.4) is 0 Å². The number of halogens is 1. The zero-order valence-electron chi connectivity index (χ0n) is 6.46. The molecule has 3 nitrogen and oxygen atoms in total. The molecule has 0 saturated carbocycles. The third-order valence-electron chi connectivity index (χ3n) is 1.48. The minimum absolute atomic E-state index is 0.349. The molecule has 0 aromatic heterocycles. The Labute approximate surface area is 71.2 Å². The van der Waals surface area contributed by atoms with Gasteiger partial charge < -0.3 is 5.11 Å². The van der Waals surface area contributed by atoms with E-state index < -0.39 is 0 Å². The number of rotatable bonds is 2. The number of hydrogen-bond acceptors (Lipinski definition) is 3. The highest BCUT2D eigenvalue weighted by molar-refractivity contribution is 6.25. The van der Waals surface area contributed by atoms with E-state index in [1.165, 1.54) is 5.54 Å². The molecule has 0 aromatic carbocycles. The van der Waals surface area contributed by atoms with Crippen LogP contribution in [0.25, 0.3) is 0 Å². The lowest BCUT2D eigenvalue weighted by Crippen LogP contribution is -2.22. The molecule has 1 N–H and O–H groups in total. The van der Waals surface area contributed by atoms with Crippen LogP contribution >= 0.6 is 11.6 Å². The fourth-order valence-electron chi connectivity index (χ4n) is 0.955. The number of hydrogen-bond donors (Lipinski definition) is 1. The van der Waals surface area contributed by atoms with Crippen LogP contribution in [0.15, 0.2) is 11.1 Å². The van der Waals surface area contributed by atoms with Gasteiger partial charge in [-0.05, 0) is 12.5 Å². The lowest BCUT2D eigenvalue weighted by Gasteiger charge is -2.12. The molecule has 1 fully saturated rings. The number of nitrogens with zero attached hydrogens (tertiary/aromatic N) is 1. The van der Waals surface area contributed by atoms with Crippen molar-refractivity contribution in [2.75, 3.05) is 19.7 Å². The molecule has 0 unspecified atom stereocenters. The molecule has 64 valence electrons. The summed E-state index contributed by atoms with van der Waals surface area (Å²) in [6, 6.07) is 0. The molecule has 1 atom stereocenters. The van der Waals surface area contributed by atoms with Crippen LogP contribution in [0.4, 0.5) is 0 Å². The Bertz CT molecular complexity index is 161. The van der Waals surface area contributed by atoms with E-state index in [0.29, 0.717) is 19.7 Å². The first-order valence-corrected chi connectivity index (χ1v) is 3.98. The largest absolute Gasteiger partial charge is 0.389 e. The lowest BCUT2D eigenvalue weighted by atomic mass is 10.3. The molecule has 0 radical (unpaired) electrons. The molecule has 11 heavy (non-hydrogen) atoms. The second-order valence-electron chi connectivity index (χ2n) is 2.73. The fourth-order valence-corrected chi connectivity index (χ4v) is 1.02. The normalized spacial score (nSPS) is 27.9. The van der Waals surface area contributed by atoms with Crippen LogP contribution in [-0.4, -0.2) is 36.0 Å². The van der Waals surface area contributed by atoms with Crippen molar-refractivity contribution in [2.45, 2.75) is 13.0 Å². The Morgan fingerprint density at radius 1 is 1.91 bits per heavy atom. The van der Waals surface area contributed by atoms with Crippen molar-refractivity contribution in [1.82, 2.24) is 5.06 Å². The SMILES string of the molecule is C/C(=C\Cl)CN1C[C@H](O)CO1. The van der Waals surface area contributed by atoms with Crippen molar-refractivity contribution >= 4 is 11.6 Å². The minimum atomic E-state index is -0.349. The summed E-state index contributed by atoms with van der Waals surface area (Å²) in [5.74, 6) is 0. The van der Waals surface area contributed by atoms with Crippen molar-refractivity contribution in [1.29, 1.82) is 0 Å². The quantitative estimate of drug-likeness (QED) is 0.676. The van der Waals surface area contributed by atoms with Gasteiger partial charge in [0.05, 0.1) is 19.3 Å². The van der Waals surface area contributed by atoms with E-state index in [2.05, 4.69) is 0 Å². The summed E-state index contributed by atoms with van der Waals surface area (Å²) in [4.78, 5) is 5.12. The zero-order chi connectivity index (χ0) is 8.27. The van der Waals surface area contributed by atoms with Crippen molar-refractivity contribution < 1.29 is 9.94 Å². The van der Waals surface area contributed by atoms with Gasteiger partial charge in [0.25, 0.3) is 0 Å². The molecule has 0 amide bonds. The van der Waals surface area contributed by atoms with Gasteiger partial charge in [-0.15, -0.1) is 0 Å². The standard InChI is InChI=1S/C7H12ClNO2/c1-6(2-8)3-9-4-7(10)5-11-9/h2,7,10H,3-5H2,1H3/b6-2+/t7-/m0/s1. The maximum Gasteiger partial charge on any atom is 0.0958 e. The van der Waals surface area contributed by atoms with Gasteiger partial charge in [0.2, 0.25) is 0 Å². The first kappa shape index (κ1) is 9.00. The average Bonchev–Trinajstić information content (AvgIpc) is 2.35.